The minimum atomic E-state index is 0.0845. The van der Waals surface area contributed by atoms with Crippen molar-refractivity contribution in [1.82, 2.24) is 0 Å². The fourth-order valence-electron chi connectivity index (χ4n) is 2.70. The van der Waals surface area contributed by atoms with Crippen LogP contribution in [-0.4, -0.2) is 23.8 Å². The number of anilines is 1. The van der Waals surface area contributed by atoms with Crippen LogP contribution in [0.3, 0.4) is 0 Å². The third kappa shape index (κ3) is 3.01. The molecule has 0 saturated heterocycles. The van der Waals surface area contributed by atoms with Crippen molar-refractivity contribution >= 4 is 23.5 Å². The zero-order chi connectivity index (χ0) is 15.5. The van der Waals surface area contributed by atoms with Crippen molar-refractivity contribution in [3.8, 4) is 5.75 Å². The molecule has 0 radical (unpaired) electrons. The van der Waals surface area contributed by atoms with E-state index in [9.17, 15) is 9.90 Å². The molecule has 0 unspecified atom stereocenters. The first-order valence-electron chi connectivity index (χ1n) is 7.37. The predicted octanol–water partition coefficient (Wildman–Crippen LogP) is 3.44. The second kappa shape index (κ2) is 6.02. The average Bonchev–Trinajstić information content (AvgIpc) is 2.53. The van der Waals surface area contributed by atoms with Crippen molar-refractivity contribution in [1.29, 1.82) is 0 Å². The van der Waals surface area contributed by atoms with Gasteiger partial charge in [-0.2, -0.15) is 0 Å². The lowest BCUT2D eigenvalue weighted by Crippen LogP contribution is -2.33. The van der Waals surface area contributed by atoms with Crippen molar-refractivity contribution < 1.29 is 9.90 Å². The van der Waals surface area contributed by atoms with E-state index in [-0.39, 0.29) is 11.7 Å². The second-order valence-electron chi connectivity index (χ2n) is 5.44. The summed E-state index contributed by atoms with van der Waals surface area (Å²) in [5, 5.41) is 9.27. The Morgan fingerprint density at radius 3 is 2.73 bits per heavy atom. The lowest BCUT2D eigenvalue weighted by atomic mass is 10.0. The number of carbonyl (C=O) groups is 1. The van der Waals surface area contributed by atoms with Crippen LogP contribution in [0.4, 0.5) is 11.4 Å². The van der Waals surface area contributed by atoms with Gasteiger partial charge in [0.05, 0.1) is 5.69 Å². The number of aliphatic imine (C=N–C) groups is 1. The van der Waals surface area contributed by atoms with Crippen LogP contribution >= 0.6 is 0 Å². The maximum Gasteiger partial charge on any atom is 0.223 e. The van der Waals surface area contributed by atoms with Gasteiger partial charge in [-0.1, -0.05) is 0 Å². The van der Waals surface area contributed by atoms with Crippen LogP contribution in [0.2, 0.25) is 0 Å². The summed E-state index contributed by atoms with van der Waals surface area (Å²) in [7, 11) is 0. The van der Waals surface area contributed by atoms with E-state index in [1.54, 1.807) is 25.3 Å². The minimum Gasteiger partial charge on any atom is -0.508 e. The minimum absolute atomic E-state index is 0.0845. The summed E-state index contributed by atoms with van der Waals surface area (Å²) in [6, 6.07) is 12.8. The van der Waals surface area contributed by atoms with Gasteiger partial charge in [-0.05, 0) is 66.4 Å². The Morgan fingerprint density at radius 1 is 1.23 bits per heavy atom. The SMILES string of the molecule is CC(=O)N1CCCc2cc(N=Cc3ccc(O)cc3)ccc21. The van der Waals surface area contributed by atoms with Crippen LogP contribution < -0.4 is 4.90 Å². The van der Waals surface area contributed by atoms with Crippen molar-refractivity contribution in [2.75, 3.05) is 11.4 Å². The van der Waals surface area contributed by atoms with Crippen LogP contribution in [0.15, 0.2) is 47.5 Å². The van der Waals surface area contributed by atoms with Gasteiger partial charge >= 0.3 is 0 Å². The molecule has 0 bridgehead atoms. The van der Waals surface area contributed by atoms with Crippen molar-refractivity contribution in [2.24, 2.45) is 4.99 Å². The number of amides is 1. The van der Waals surface area contributed by atoms with Crippen LogP contribution in [0.1, 0.15) is 24.5 Å². The molecule has 1 amide bonds. The largest absolute Gasteiger partial charge is 0.508 e. The summed E-state index contributed by atoms with van der Waals surface area (Å²) >= 11 is 0. The number of phenolic OH excluding ortho intramolecular Hbond substituents is 1. The van der Waals surface area contributed by atoms with Gasteiger partial charge < -0.3 is 10.0 Å². The van der Waals surface area contributed by atoms with Gasteiger partial charge in [-0.25, -0.2) is 0 Å². The summed E-state index contributed by atoms with van der Waals surface area (Å²) in [6.07, 6.45) is 3.73. The number of rotatable bonds is 2. The van der Waals surface area contributed by atoms with Gasteiger partial charge in [-0.15, -0.1) is 0 Å². The molecule has 3 rings (SSSR count). The lowest BCUT2D eigenvalue weighted by molar-refractivity contribution is -0.116. The Balaban J connectivity index is 1.84. The normalized spacial score (nSPS) is 14.1. The second-order valence-corrected chi connectivity index (χ2v) is 5.44. The van der Waals surface area contributed by atoms with E-state index in [1.165, 1.54) is 5.56 Å². The molecule has 0 fully saturated rings. The number of nitrogens with zero attached hydrogens (tertiary/aromatic N) is 2. The summed E-state index contributed by atoms with van der Waals surface area (Å²) < 4.78 is 0. The van der Waals surface area contributed by atoms with Crippen molar-refractivity contribution in [2.45, 2.75) is 19.8 Å². The topological polar surface area (TPSA) is 52.9 Å². The number of aryl methyl sites for hydroxylation is 1. The van der Waals surface area contributed by atoms with Gasteiger partial charge in [0.2, 0.25) is 5.91 Å². The fraction of sp³-hybridized carbons (Fsp3) is 0.222. The van der Waals surface area contributed by atoms with E-state index in [2.05, 4.69) is 4.99 Å². The molecule has 0 spiro atoms. The van der Waals surface area contributed by atoms with Crippen LogP contribution in [0.25, 0.3) is 0 Å². The number of hydrogen-bond acceptors (Lipinski definition) is 3. The number of carbonyl (C=O) groups excluding carboxylic acids is 1. The Hall–Kier alpha value is -2.62. The molecule has 112 valence electrons. The highest BCUT2D eigenvalue weighted by molar-refractivity contribution is 5.93. The van der Waals surface area contributed by atoms with Crippen LogP contribution in [0.5, 0.6) is 5.75 Å². The molecular weight excluding hydrogens is 276 g/mol. The highest BCUT2D eigenvalue weighted by atomic mass is 16.3. The molecule has 1 heterocycles. The first kappa shape index (κ1) is 14.3. The van der Waals surface area contributed by atoms with Crippen LogP contribution in [0, 0.1) is 0 Å². The number of fused-ring (bicyclic) bond motifs is 1. The third-order valence-corrected chi connectivity index (χ3v) is 3.82. The molecule has 22 heavy (non-hydrogen) atoms. The molecule has 0 aromatic heterocycles. The lowest BCUT2D eigenvalue weighted by Gasteiger charge is -2.28. The standard InChI is InChI=1S/C18H18N2O2/c1-13(21)20-10-2-3-15-11-16(6-9-18(15)20)19-12-14-4-7-17(22)8-5-14/h4-9,11-12,22H,2-3,10H2,1H3. The molecular formula is C18H18N2O2. The van der Waals surface area contributed by atoms with Gasteiger partial charge in [-0.3, -0.25) is 9.79 Å². The van der Waals surface area contributed by atoms with Crippen molar-refractivity contribution in [3.63, 3.8) is 0 Å². The molecule has 0 aliphatic carbocycles. The maximum atomic E-state index is 11.7. The molecule has 0 saturated carbocycles. The molecule has 1 N–H and O–H groups in total. The fourth-order valence-corrected chi connectivity index (χ4v) is 2.70. The van der Waals surface area contributed by atoms with E-state index in [1.807, 2.05) is 35.2 Å². The van der Waals surface area contributed by atoms with Gasteiger partial charge in [0, 0.05) is 25.4 Å². The van der Waals surface area contributed by atoms with Gasteiger partial charge in [0.1, 0.15) is 5.75 Å². The van der Waals surface area contributed by atoms with Crippen LogP contribution in [-0.2, 0) is 11.2 Å². The highest BCUT2D eigenvalue weighted by Gasteiger charge is 2.19. The molecule has 2 aromatic rings. The van der Waals surface area contributed by atoms with Gasteiger partial charge in [0.25, 0.3) is 0 Å². The molecule has 2 aromatic carbocycles. The number of phenols is 1. The highest BCUT2D eigenvalue weighted by Crippen LogP contribution is 2.30. The quantitative estimate of drug-likeness (QED) is 0.863. The Bertz CT molecular complexity index is 720. The number of aromatic hydroxyl groups is 1. The van der Waals surface area contributed by atoms with E-state index in [0.29, 0.717) is 0 Å². The average molecular weight is 294 g/mol. The molecule has 4 nitrogen and oxygen atoms in total. The molecule has 0 atom stereocenters. The van der Waals surface area contributed by atoms with Gasteiger partial charge in [0.15, 0.2) is 0 Å². The summed E-state index contributed by atoms with van der Waals surface area (Å²) in [5.41, 5.74) is 3.97. The van der Waals surface area contributed by atoms with E-state index < -0.39 is 0 Å². The molecule has 1 aliphatic heterocycles. The Kier molecular flexibility index (Phi) is 3.92. The predicted molar refractivity (Wildman–Crippen MR) is 88.2 cm³/mol. The van der Waals surface area contributed by atoms with E-state index >= 15 is 0 Å². The summed E-state index contributed by atoms with van der Waals surface area (Å²) in [5.74, 6) is 0.330. The smallest absolute Gasteiger partial charge is 0.223 e. The maximum absolute atomic E-state index is 11.7. The van der Waals surface area contributed by atoms with E-state index in [4.69, 9.17) is 0 Å². The number of hydrogen-bond donors (Lipinski definition) is 1. The molecule has 4 heteroatoms. The Morgan fingerprint density at radius 2 is 2.00 bits per heavy atom. The van der Waals surface area contributed by atoms with Crippen molar-refractivity contribution in [3.05, 3.63) is 53.6 Å². The summed E-state index contributed by atoms with van der Waals surface area (Å²) in [6.45, 7) is 2.39. The molecule has 1 aliphatic rings. The van der Waals surface area contributed by atoms with E-state index in [0.717, 1.165) is 36.3 Å². The monoisotopic (exact) mass is 294 g/mol. The number of benzene rings is 2. The summed E-state index contributed by atoms with van der Waals surface area (Å²) in [4.78, 5) is 18.0. The zero-order valence-corrected chi connectivity index (χ0v) is 12.5. The zero-order valence-electron chi connectivity index (χ0n) is 12.5. The third-order valence-electron chi connectivity index (χ3n) is 3.82. The first-order valence-corrected chi connectivity index (χ1v) is 7.37. The Labute approximate surface area is 129 Å². The first-order chi connectivity index (χ1) is 10.6.